The van der Waals surface area contributed by atoms with Crippen LogP contribution in [0.15, 0.2) is 54.6 Å². The van der Waals surface area contributed by atoms with Crippen LogP contribution in [-0.2, 0) is 25.2 Å². The minimum Gasteiger partial charge on any atom is -0.486 e. The third-order valence-corrected chi connectivity index (χ3v) is 3.69. The predicted octanol–water partition coefficient (Wildman–Crippen LogP) is 3.22. The zero-order valence-corrected chi connectivity index (χ0v) is 14.8. The van der Waals surface area contributed by atoms with Gasteiger partial charge in [-0.15, -0.1) is 0 Å². The Morgan fingerprint density at radius 3 is 2.14 bits per heavy atom. The van der Waals surface area contributed by atoms with Crippen LogP contribution in [0.5, 0.6) is 5.75 Å². The first-order valence-electron chi connectivity index (χ1n) is 8.14. The highest BCUT2D eigenvalue weighted by atomic mass is 19.4. The fourth-order valence-electron chi connectivity index (χ4n) is 2.33. The second-order valence-electron chi connectivity index (χ2n) is 5.71. The Morgan fingerprint density at radius 2 is 1.61 bits per heavy atom. The lowest BCUT2D eigenvalue weighted by molar-refractivity contribution is -0.169. The maximum atomic E-state index is 12.7. The Hall–Kier alpha value is -3.07. The molecule has 0 aliphatic heterocycles. The molecule has 2 atom stereocenters. The van der Waals surface area contributed by atoms with E-state index in [9.17, 15) is 22.8 Å². The Labute approximate surface area is 159 Å². The highest BCUT2D eigenvalue weighted by Crippen LogP contribution is 2.32. The molecular formula is C19H18F3NO5. The first-order valence-corrected chi connectivity index (χ1v) is 8.14. The van der Waals surface area contributed by atoms with Crippen LogP contribution in [0.25, 0.3) is 0 Å². The van der Waals surface area contributed by atoms with E-state index in [0.717, 1.165) is 19.2 Å². The lowest BCUT2D eigenvalue weighted by Crippen LogP contribution is -2.33. The molecule has 0 spiro atoms. The van der Waals surface area contributed by atoms with Gasteiger partial charge >= 0.3 is 18.1 Å². The van der Waals surface area contributed by atoms with Crippen LogP contribution in [0.4, 0.5) is 13.2 Å². The monoisotopic (exact) mass is 397 g/mol. The molecule has 2 N–H and O–H groups in total. The van der Waals surface area contributed by atoms with E-state index in [2.05, 4.69) is 4.74 Å². The van der Waals surface area contributed by atoms with Crippen molar-refractivity contribution in [3.63, 3.8) is 0 Å². The van der Waals surface area contributed by atoms with Gasteiger partial charge in [0, 0.05) is 6.42 Å². The molecule has 0 fully saturated rings. The second-order valence-corrected chi connectivity index (χ2v) is 5.71. The summed E-state index contributed by atoms with van der Waals surface area (Å²) in [7, 11) is 1.02. The number of hydrogen-bond acceptors (Lipinski definition) is 6. The van der Waals surface area contributed by atoms with Gasteiger partial charge in [0.25, 0.3) is 0 Å². The van der Waals surface area contributed by atoms with Gasteiger partial charge in [-0.25, -0.2) is 9.59 Å². The zero-order valence-electron chi connectivity index (χ0n) is 14.8. The molecule has 9 heteroatoms. The number of benzene rings is 2. The van der Waals surface area contributed by atoms with Crippen molar-refractivity contribution < 1.29 is 37.0 Å². The fraction of sp³-hybridized carbons (Fsp3) is 0.263. The van der Waals surface area contributed by atoms with E-state index in [-0.39, 0.29) is 12.2 Å². The standard InChI is InChI=1S/C19H18F3NO5/c1-26-17(24)18(25)28-16(23)11-15(12-5-3-2-4-6-12)27-14-9-7-13(8-10-14)19(20,21)22/h2-10,15-16H,11,23H2,1H3. The maximum absolute atomic E-state index is 12.7. The van der Waals surface area contributed by atoms with E-state index >= 15 is 0 Å². The largest absolute Gasteiger partial charge is 0.486 e. The summed E-state index contributed by atoms with van der Waals surface area (Å²) < 4.78 is 52.9. The van der Waals surface area contributed by atoms with Gasteiger partial charge in [-0.2, -0.15) is 13.2 Å². The van der Waals surface area contributed by atoms with Gasteiger partial charge in [-0.3, -0.25) is 5.73 Å². The SMILES string of the molecule is COC(=O)C(=O)OC(N)CC(Oc1ccc(C(F)(F)F)cc1)c1ccccc1. The number of alkyl halides is 3. The minimum atomic E-state index is -4.46. The molecule has 0 saturated heterocycles. The van der Waals surface area contributed by atoms with Crippen molar-refractivity contribution in [3.8, 4) is 5.75 Å². The van der Waals surface area contributed by atoms with E-state index in [1.807, 2.05) is 0 Å². The molecule has 0 bridgehead atoms. The van der Waals surface area contributed by atoms with Crippen molar-refractivity contribution in [1.29, 1.82) is 0 Å². The molecule has 2 aromatic carbocycles. The van der Waals surface area contributed by atoms with Crippen LogP contribution in [0.3, 0.4) is 0 Å². The van der Waals surface area contributed by atoms with Crippen molar-refractivity contribution >= 4 is 11.9 Å². The summed E-state index contributed by atoms with van der Waals surface area (Å²) in [6.45, 7) is 0. The molecule has 6 nitrogen and oxygen atoms in total. The number of methoxy groups -OCH3 is 1. The molecule has 150 valence electrons. The van der Waals surface area contributed by atoms with E-state index in [4.69, 9.17) is 15.2 Å². The van der Waals surface area contributed by atoms with Crippen LogP contribution in [0.2, 0.25) is 0 Å². The summed E-state index contributed by atoms with van der Waals surface area (Å²) in [4.78, 5) is 22.6. The first kappa shape index (κ1) is 21.2. The average Bonchev–Trinajstić information content (AvgIpc) is 2.67. The van der Waals surface area contributed by atoms with Crippen molar-refractivity contribution in [3.05, 3.63) is 65.7 Å². The van der Waals surface area contributed by atoms with Gasteiger partial charge < -0.3 is 14.2 Å². The number of carbonyl (C=O) groups excluding carboxylic acids is 2. The fourth-order valence-corrected chi connectivity index (χ4v) is 2.33. The lowest BCUT2D eigenvalue weighted by Gasteiger charge is -2.23. The predicted molar refractivity (Wildman–Crippen MR) is 92.0 cm³/mol. The summed E-state index contributed by atoms with van der Waals surface area (Å²) in [5, 5.41) is 0. The van der Waals surface area contributed by atoms with Crippen LogP contribution in [-0.4, -0.2) is 25.3 Å². The molecule has 0 amide bonds. The number of nitrogens with two attached hydrogens (primary N) is 1. The zero-order chi connectivity index (χ0) is 20.7. The topological polar surface area (TPSA) is 87.9 Å². The number of ether oxygens (including phenoxy) is 3. The summed E-state index contributed by atoms with van der Waals surface area (Å²) in [5.74, 6) is -2.28. The molecule has 0 heterocycles. The van der Waals surface area contributed by atoms with E-state index < -0.39 is 36.0 Å². The Balaban J connectivity index is 2.14. The van der Waals surface area contributed by atoms with E-state index in [1.54, 1.807) is 30.3 Å². The maximum Gasteiger partial charge on any atom is 0.419 e. The molecule has 0 aliphatic carbocycles. The summed E-state index contributed by atoms with van der Waals surface area (Å²) in [6.07, 6.45) is -6.44. The summed E-state index contributed by atoms with van der Waals surface area (Å²) in [6, 6.07) is 12.9. The lowest BCUT2D eigenvalue weighted by atomic mass is 10.1. The molecular weight excluding hydrogens is 379 g/mol. The van der Waals surface area contributed by atoms with Crippen molar-refractivity contribution in [2.45, 2.75) is 24.9 Å². The molecule has 2 rings (SSSR count). The normalized spacial score (nSPS) is 13.3. The van der Waals surface area contributed by atoms with Gasteiger partial charge in [-0.05, 0) is 29.8 Å². The highest BCUT2D eigenvalue weighted by Gasteiger charge is 2.30. The smallest absolute Gasteiger partial charge is 0.419 e. The molecule has 28 heavy (non-hydrogen) atoms. The van der Waals surface area contributed by atoms with Crippen molar-refractivity contribution in [1.82, 2.24) is 0 Å². The number of halogens is 3. The van der Waals surface area contributed by atoms with Crippen LogP contribution < -0.4 is 10.5 Å². The van der Waals surface area contributed by atoms with Gasteiger partial charge in [0.05, 0.1) is 12.7 Å². The summed E-state index contributed by atoms with van der Waals surface area (Å²) in [5.41, 5.74) is 5.61. The molecule has 0 radical (unpaired) electrons. The first-order chi connectivity index (χ1) is 13.2. The molecule has 0 saturated carbocycles. The van der Waals surface area contributed by atoms with E-state index in [1.165, 1.54) is 12.1 Å². The summed E-state index contributed by atoms with van der Waals surface area (Å²) >= 11 is 0. The number of hydrogen-bond donors (Lipinski definition) is 1. The van der Waals surface area contributed by atoms with Gasteiger partial charge in [-0.1, -0.05) is 30.3 Å². The van der Waals surface area contributed by atoms with E-state index in [0.29, 0.717) is 5.56 Å². The number of carbonyl (C=O) groups is 2. The average molecular weight is 397 g/mol. The van der Waals surface area contributed by atoms with Crippen molar-refractivity contribution in [2.24, 2.45) is 5.73 Å². The Kier molecular flexibility index (Phi) is 7.00. The third-order valence-electron chi connectivity index (χ3n) is 3.69. The van der Waals surface area contributed by atoms with Crippen LogP contribution in [0, 0.1) is 0 Å². The number of rotatable bonds is 6. The Morgan fingerprint density at radius 1 is 1.00 bits per heavy atom. The van der Waals surface area contributed by atoms with Gasteiger partial charge in [0.1, 0.15) is 11.9 Å². The highest BCUT2D eigenvalue weighted by molar-refractivity contribution is 6.29. The molecule has 0 aliphatic rings. The third kappa shape index (κ3) is 5.98. The number of esters is 2. The molecule has 2 aromatic rings. The minimum absolute atomic E-state index is 0.0478. The van der Waals surface area contributed by atoms with Crippen molar-refractivity contribution in [2.75, 3.05) is 7.11 Å². The quantitative estimate of drug-likeness (QED) is 0.458. The second kappa shape index (κ2) is 9.23. The molecule has 0 aromatic heterocycles. The van der Waals surface area contributed by atoms with Crippen LogP contribution in [0.1, 0.15) is 23.7 Å². The van der Waals surface area contributed by atoms with Gasteiger partial charge in [0.15, 0.2) is 6.23 Å². The van der Waals surface area contributed by atoms with Crippen LogP contribution >= 0.6 is 0 Å². The Bertz CT molecular complexity index is 793. The molecule has 2 unspecified atom stereocenters. The van der Waals surface area contributed by atoms with Gasteiger partial charge in [0.2, 0.25) is 0 Å².